The molecule has 0 atom stereocenters. The van der Waals surface area contributed by atoms with E-state index in [2.05, 4.69) is 44.3 Å². The van der Waals surface area contributed by atoms with Gasteiger partial charge in [0, 0.05) is 11.9 Å². The molecule has 0 aliphatic rings. The maximum absolute atomic E-state index is 4.29. The predicted octanol–water partition coefficient (Wildman–Crippen LogP) is 2.78. The third-order valence-corrected chi connectivity index (χ3v) is 2.79. The lowest BCUT2D eigenvalue weighted by Gasteiger charge is -2.08. The lowest BCUT2D eigenvalue weighted by molar-refractivity contribution is 1.06. The van der Waals surface area contributed by atoms with Gasteiger partial charge in [-0.15, -0.1) is 0 Å². The Balaban J connectivity index is 2.06. The summed E-state index contributed by atoms with van der Waals surface area (Å²) in [5.41, 5.74) is 2.83. The fourth-order valence-electron chi connectivity index (χ4n) is 1.89. The second-order valence-corrected chi connectivity index (χ2v) is 4.37. The first-order chi connectivity index (χ1) is 9.22. The normalized spacial score (nSPS) is 10.6. The van der Waals surface area contributed by atoms with Crippen LogP contribution in [0.1, 0.15) is 11.4 Å². The van der Waals surface area contributed by atoms with Gasteiger partial charge in [0.05, 0.1) is 5.39 Å². The molecular formula is C14H13N5. The first-order valence-corrected chi connectivity index (χ1v) is 6.00. The van der Waals surface area contributed by atoms with Crippen LogP contribution in [0, 0.1) is 13.8 Å². The molecule has 0 saturated carbocycles. The Morgan fingerprint density at radius 2 is 1.95 bits per heavy atom. The molecule has 2 aromatic heterocycles. The van der Waals surface area contributed by atoms with Gasteiger partial charge in [-0.1, -0.05) is 12.1 Å². The predicted molar refractivity (Wildman–Crippen MR) is 74.3 cm³/mol. The van der Waals surface area contributed by atoms with Crippen molar-refractivity contribution in [1.29, 1.82) is 0 Å². The van der Waals surface area contributed by atoms with Crippen molar-refractivity contribution in [2.45, 2.75) is 13.8 Å². The molecule has 19 heavy (non-hydrogen) atoms. The molecule has 3 aromatic rings. The SMILES string of the molecule is Cc1cccc(Nc2ncnc3nc(C)ncc23)c1. The lowest BCUT2D eigenvalue weighted by atomic mass is 10.2. The number of hydrogen-bond acceptors (Lipinski definition) is 5. The monoisotopic (exact) mass is 251 g/mol. The minimum atomic E-state index is 0.651. The molecule has 0 radical (unpaired) electrons. The maximum Gasteiger partial charge on any atom is 0.168 e. The summed E-state index contributed by atoms with van der Waals surface area (Å²) in [5, 5.41) is 4.09. The molecule has 0 fully saturated rings. The van der Waals surface area contributed by atoms with Gasteiger partial charge in [0.25, 0.3) is 0 Å². The Labute approximate surface area is 110 Å². The first-order valence-electron chi connectivity index (χ1n) is 6.00. The number of hydrogen-bond donors (Lipinski definition) is 1. The Bertz CT molecular complexity index is 739. The van der Waals surface area contributed by atoms with Gasteiger partial charge in [0.2, 0.25) is 0 Å². The largest absolute Gasteiger partial charge is 0.340 e. The van der Waals surface area contributed by atoms with Crippen molar-refractivity contribution in [1.82, 2.24) is 19.9 Å². The fourth-order valence-corrected chi connectivity index (χ4v) is 1.89. The number of rotatable bonds is 2. The van der Waals surface area contributed by atoms with E-state index in [0.29, 0.717) is 11.5 Å². The van der Waals surface area contributed by atoms with Gasteiger partial charge in [-0.25, -0.2) is 19.9 Å². The topological polar surface area (TPSA) is 63.6 Å². The van der Waals surface area contributed by atoms with Gasteiger partial charge in [-0.2, -0.15) is 0 Å². The van der Waals surface area contributed by atoms with Crippen LogP contribution >= 0.6 is 0 Å². The second-order valence-electron chi connectivity index (χ2n) is 4.37. The molecule has 0 saturated heterocycles. The highest BCUT2D eigenvalue weighted by molar-refractivity contribution is 5.87. The highest BCUT2D eigenvalue weighted by Crippen LogP contribution is 2.21. The molecule has 0 amide bonds. The van der Waals surface area contributed by atoms with Crippen LogP contribution in [0.25, 0.3) is 11.0 Å². The summed E-state index contributed by atoms with van der Waals surface area (Å²) >= 11 is 0. The Morgan fingerprint density at radius 1 is 1.05 bits per heavy atom. The minimum Gasteiger partial charge on any atom is -0.340 e. The molecule has 0 unspecified atom stereocenters. The Kier molecular flexibility index (Phi) is 2.79. The molecule has 1 aromatic carbocycles. The molecule has 0 bridgehead atoms. The van der Waals surface area contributed by atoms with Crippen LogP contribution in [0.2, 0.25) is 0 Å². The van der Waals surface area contributed by atoms with E-state index < -0.39 is 0 Å². The summed E-state index contributed by atoms with van der Waals surface area (Å²) < 4.78 is 0. The molecule has 5 heteroatoms. The Morgan fingerprint density at radius 3 is 2.79 bits per heavy atom. The van der Waals surface area contributed by atoms with Gasteiger partial charge in [-0.3, -0.25) is 0 Å². The third-order valence-electron chi connectivity index (χ3n) is 2.79. The van der Waals surface area contributed by atoms with E-state index in [0.717, 1.165) is 16.9 Å². The van der Waals surface area contributed by atoms with Gasteiger partial charge < -0.3 is 5.32 Å². The summed E-state index contributed by atoms with van der Waals surface area (Å²) in [5.74, 6) is 1.42. The van der Waals surface area contributed by atoms with Gasteiger partial charge >= 0.3 is 0 Å². The molecule has 94 valence electrons. The van der Waals surface area contributed by atoms with Crippen molar-refractivity contribution in [2.24, 2.45) is 0 Å². The molecule has 0 aliphatic carbocycles. The van der Waals surface area contributed by atoms with Crippen molar-refractivity contribution >= 4 is 22.5 Å². The van der Waals surface area contributed by atoms with Crippen LogP contribution in [0.5, 0.6) is 0 Å². The zero-order valence-corrected chi connectivity index (χ0v) is 10.8. The van der Waals surface area contributed by atoms with Crippen LogP contribution < -0.4 is 5.32 Å². The minimum absolute atomic E-state index is 0.651. The van der Waals surface area contributed by atoms with E-state index >= 15 is 0 Å². The Hall–Kier alpha value is -2.56. The highest BCUT2D eigenvalue weighted by Gasteiger charge is 2.06. The zero-order valence-electron chi connectivity index (χ0n) is 10.8. The fraction of sp³-hybridized carbons (Fsp3) is 0.143. The highest BCUT2D eigenvalue weighted by atomic mass is 15.0. The van der Waals surface area contributed by atoms with Crippen molar-refractivity contribution in [2.75, 3.05) is 5.32 Å². The van der Waals surface area contributed by atoms with Crippen molar-refractivity contribution in [3.63, 3.8) is 0 Å². The molecule has 1 N–H and O–H groups in total. The van der Waals surface area contributed by atoms with Crippen LogP contribution in [-0.4, -0.2) is 19.9 Å². The van der Waals surface area contributed by atoms with Crippen LogP contribution in [-0.2, 0) is 0 Å². The van der Waals surface area contributed by atoms with E-state index in [4.69, 9.17) is 0 Å². The lowest BCUT2D eigenvalue weighted by Crippen LogP contribution is -1.99. The number of aromatic nitrogens is 4. The molecule has 0 aliphatic heterocycles. The number of aryl methyl sites for hydroxylation is 2. The van der Waals surface area contributed by atoms with Crippen molar-refractivity contribution in [3.8, 4) is 0 Å². The summed E-state index contributed by atoms with van der Waals surface area (Å²) in [7, 11) is 0. The van der Waals surface area contributed by atoms with Gasteiger partial charge in [0.15, 0.2) is 5.65 Å². The summed E-state index contributed by atoms with van der Waals surface area (Å²) in [6, 6.07) is 8.11. The quantitative estimate of drug-likeness (QED) is 0.758. The smallest absolute Gasteiger partial charge is 0.168 e. The molecule has 5 nitrogen and oxygen atoms in total. The van der Waals surface area contributed by atoms with E-state index in [1.54, 1.807) is 6.20 Å². The third kappa shape index (κ3) is 2.35. The first kappa shape index (κ1) is 11.5. The average Bonchev–Trinajstić information content (AvgIpc) is 2.38. The van der Waals surface area contributed by atoms with E-state index in [-0.39, 0.29) is 0 Å². The van der Waals surface area contributed by atoms with E-state index in [1.807, 2.05) is 19.1 Å². The second kappa shape index (κ2) is 4.61. The zero-order chi connectivity index (χ0) is 13.2. The summed E-state index contributed by atoms with van der Waals surface area (Å²) in [6.45, 7) is 3.89. The van der Waals surface area contributed by atoms with Crippen LogP contribution in [0.3, 0.4) is 0 Å². The molecule has 0 spiro atoms. The number of nitrogens with one attached hydrogen (secondary N) is 1. The van der Waals surface area contributed by atoms with Crippen LogP contribution in [0.15, 0.2) is 36.8 Å². The number of benzene rings is 1. The average molecular weight is 251 g/mol. The van der Waals surface area contributed by atoms with E-state index in [9.17, 15) is 0 Å². The molecule has 3 rings (SSSR count). The molecule has 2 heterocycles. The van der Waals surface area contributed by atoms with Crippen LogP contribution in [0.4, 0.5) is 11.5 Å². The summed E-state index contributed by atoms with van der Waals surface area (Å²) in [6.07, 6.45) is 3.25. The maximum atomic E-state index is 4.29. The summed E-state index contributed by atoms with van der Waals surface area (Å²) in [4.78, 5) is 16.9. The van der Waals surface area contributed by atoms with Crippen molar-refractivity contribution < 1.29 is 0 Å². The van der Waals surface area contributed by atoms with E-state index in [1.165, 1.54) is 11.9 Å². The standard InChI is InChI=1S/C14H13N5/c1-9-4-3-5-11(6-9)19-14-12-7-15-10(2)18-13(12)16-8-17-14/h3-8H,1-2H3,(H,15,16,17,18,19). The van der Waals surface area contributed by atoms with Gasteiger partial charge in [0.1, 0.15) is 18.0 Å². The molecular weight excluding hydrogens is 238 g/mol. The number of anilines is 2. The number of fused-ring (bicyclic) bond motifs is 1. The number of nitrogens with zero attached hydrogens (tertiary/aromatic N) is 4. The van der Waals surface area contributed by atoms with Crippen molar-refractivity contribution in [3.05, 3.63) is 48.2 Å². The van der Waals surface area contributed by atoms with Gasteiger partial charge in [-0.05, 0) is 31.5 Å².